The smallest absolute Gasteiger partial charge is 0.346 e. The first-order chi connectivity index (χ1) is 13.9. The van der Waals surface area contributed by atoms with Crippen LogP contribution < -0.4 is 5.32 Å². The second-order valence-electron chi connectivity index (χ2n) is 6.56. The minimum atomic E-state index is -4.57. The van der Waals surface area contributed by atoms with Crippen LogP contribution in [0, 0.1) is 0 Å². The Labute approximate surface area is 171 Å². The summed E-state index contributed by atoms with van der Waals surface area (Å²) in [5.41, 5.74) is -1.64. The third kappa shape index (κ3) is 4.66. The van der Waals surface area contributed by atoms with Gasteiger partial charge in [-0.15, -0.1) is 11.3 Å². The number of amides is 1. The first-order valence-electron chi connectivity index (χ1n) is 8.54. The Morgan fingerprint density at radius 1 is 1.10 bits per heavy atom. The SMILES string of the molecule is C[C@H](NC(=O)c1cc(C(F)(F)F)cn1C)c1cnc(-c2cccc(C(F)(F)F)c2)s1. The molecule has 0 aliphatic carbocycles. The minimum Gasteiger partial charge on any atom is -0.346 e. The molecule has 160 valence electrons. The maximum absolute atomic E-state index is 12.9. The predicted molar refractivity (Wildman–Crippen MR) is 98.8 cm³/mol. The fourth-order valence-corrected chi connectivity index (χ4v) is 3.65. The summed E-state index contributed by atoms with van der Waals surface area (Å²) in [6.07, 6.45) is -6.82. The van der Waals surface area contributed by atoms with Crippen LogP contribution in [-0.2, 0) is 19.4 Å². The zero-order chi connectivity index (χ0) is 22.3. The molecule has 3 aromatic rings. The van der Waals surface area contributed by atoms with Crippen molar-refractivity contribution < 1.29 is 31.1 Å². The monoisotopic (exact) mass is 447 g/mol. The Bertz CT molecular complexity index is 1070. The van der Waals surface area contributed by atoms with Crippen molar-refractivity contribution >= 4 is 17.2 Å². The van der Waals surface area contributed by atoms with Gasteiger partial charge in [0.05, 0.1) is 17.2 Å². The molecule has 2 heterocycles. The topological polar surface area (TPSA) is 46.9 Å². The molecule has 1 aromatic carbocycles. The molecule has 1 amide bonds. The van der Waals surface area contributed by atoms with Gasteiger partial charge in [-0.25, -0.2) is 4.98 Å². The second kappa shape index (κ2) is 7.78. The largest absolute Gasteiger partial charge is 0.417 e. The van der Waals surface area contributed by atoms with E-state index in [1.54, 1.807) is 6.92 Å². The number of nitrogens with zero attached hydrogens (tertiary/aromatic N) is 2. The maximum atomic E-state index is 12.9. The maximum Gasteiger partial charge on any atom is 0.417 e. The zero-order valence-electron chi connectivity index (χ0n) is 15.6. The molecule has 0 bridgehead atoms. The van der Waals surface area contributed by atoms with Crippen LogP contribution in [0.5, 0.6) is 0 Å². The van der Waals surface area contributed by atoms with Crippen molar-refractivity contribution in [1.29, 1.82) is 0 Å². The van der Waals surface area contributed by atoms with E-state index in [9.17, 15) is 31.1 Å². The molecule has 0 saturated heterocycles. The Morgan fingerprint density at radius 2 is 1.77 bits per heavy atom. The number of rotatable bonds is 4. The molecule has 11 heteroatoms. The fourth-order valence-electron chi connectivity index (χ4n) is 2.74. The molecule has 0 aliphatic rings. The van der Waals surface area contributed by atoms with E-state index in [4.69, 9.17) is 0 Å². The van der Waals surface area contributed by atoms with Crippen LogP contribution in [0.25, 0.3) is 10.6 Å². The number of thiazole rings is 1. The minimum absolute atomic E-state index is 0.170. The van der Waals surface area contributed by atoms with Gasteiger partial charge in [-0.05, 0) is 25.1 Å². The van der Waals surface area contributed by atoms with Gasteiger partial charge >= 0.3 is 12.4 Å². The van der Waals surface area contributed by atoms with E-state index in [2.05, 4.69) is 10.3 Å². The van der Waals surface area contributed by atoms with Gasteiger partial charge < -0.3 is 9.88 Å². The summed E-state index contributed by atoms with van der Waals surface area (Å²) in [6.45, 7) is 1.61. The number of aromatic nitrogens is 2. The summed E-state index contributed by atoms with van der Waals surface area (Å²) < 4.78 is 78.2. The molecule has 2 aromatic heterocycles. The number of hydrogen-bond donors (Lipinski definition) is 1. The van der Waals surface area contributed by atoms with Crippen molar-refractivity contribution in [2.24, 2.45) is 7.05 Å². The Hall–Kier alpha value is -2.82. The van der Waals surface area contributed by atoms with Crippen molar-refractivity contribution in [2.75, 3.05) is 0 Å². The zero-order valence-corrected chi connectivity index (χ0v) is 16.4. The highest BCUT2D eigenvalue weighted by Crippen LogP contribution is 2.35. The van der Waals surface area contributed by atoms with E-state index >= 15 is 0 Å². The summed E-state index contributed by atoms with van der Waals surface area (Å²) in [5, 5.41) is 2.91. The molecular weight excluding hydrogens is 432 g/mol. The summed E-state index contributed by atoms with van der Waals surface area (Å²) in [6, 6.07) is 4.84. The number of nitrogens with one attached hydrogen (secondary N) is 1. The Kier molecular flexibility index (Phi) is 5.68. The number of benzene rings is 1. The molecule has 0 aliphatic heterocycles. The standard InChI is InChI=1S/C19H15F6N3OS/c1-10(27-16(29)14-7-13(9-28(14)2)19(23,24)25)15-8-26-17(30-15)11-4-3-5-12(6-11)18(20,21)22/h3-10H,1-2H3,(H,27,29)/t10-/m0/s1. The Balaban J connectivity index is 1.77. The average molecular weight is 447 g/mol. The van der Waals surface area contributed by atoms with E-state index in [1.807, 2.05) is 0 Å². The highest BCUT2D eigenvalue weighted by Gasteiger charge is 2.33. The quantitative estimate of drug-likeness (QED) is 0.524. The summed E-state index contributed by atoms with van der Waals surface area (Å²) in [4.78, 5) is 17.0. The van der Waals surface area contributed by atoms with E-state index in [0.717, 1.165) is 40.3 Å². The molecule has 0 saturated carbocycles. The van der Waals surface area contributed by atoms with Crippen LogP contribution in [0.3, 0.4) is 0 Å². The molecule has 0 fully saturated rings. The second-order valence-corrected chi connectivity index (χ2v) is 7.63. The predicted octanol–water partition coefficient (Wildman–Crippen LogP) is 5.68. The van der Waals surface area contributed by atoms with Crippen molar-refractivity contribution in [3.8, 4) is 10.6 Å². The number of alkyl halides is 6. The molecule has 0 spiro atoms. The third-order valence-electron chi connectivity index (χ3n) is 4.30. The number of carbonyl (C=O) groups is 1. The number of aryl methyl sites for hydroxylation is 1. The van der Waals surface area contributed by atoms with E-state index in [-0.39, 0.29) is 11.3 Å². The first-order valence-corrected chi connectivity index (χ1v) is 9.35. The van der Waals surface area contributed by atoms with Crippen LogP contribution in [0.2, 0.25) is 0 Å². The van der Waals surface area contributed by atoms with Gasteiger partial charge in [-0.1, -0.05) is 12.1 Å². The summed E-state index contributed by atoms with van der Waals surface area (Å²) in [5.74, 6) is -0.713. The van der Waals surface area contributed by atoms with Crippen LogP contribution in [0.4, 0.5) is 26.3 Å². The first kappa shape index (κ1) is 21.9. The van der Waals surface area contributed by atoms with Crippen molar-refractivity contribution in [1.82, 2.24) is 14.9 Å². The van der Waals surface area contributed by atoms with E-state index in [1.165, 1.54) is 25.4 Å². The molecule has 30 heavy (non-hydrogen) atoms. The van der Waals surface area contributed by atoms with Gasteiger partial charge in [-0.3, -0.25) is 4.79 Å². The highest BCUT2D eigenvalue weighted by atomic mass is 32.1. The number of hydrogen-bond acceptors (Lipinski definition) is 3. The number of halogens is 6. The van der Waals surface area contributed by atoms with Gasteiger partial charge in [0, 0.05) is 29.9 Å². The third-order valence-corrected chi connectivity index (χ3v) is 5.53. The molecule has 0 unspecified atom stereocenters. The van der Waals surface area contributed by atoms with Crippen LogP contribution in [-0.4, -0.2) is 15.5 Å². The van der Waals surface area contributed by atoms with Gasteiger partial charge in [0.25, 0.3) is 5.91 Å². The van der Waals surface area contributed by atoms with Gasteiger partial charge in [0.2, 0.25) is 0 Å². The summed E-state index contributed by atoms with van der Waals surface area (Å²) >= 11 is 1.08. The number of carbonyl (C=O) groups excluding carboxylic acids is 1. The van der Waals surface area contributed by atoms with Crippen molar-refractivity contribution in [3.63, 3.8) is 0 Å². The van der Waals surface area contributed by atoms with Crippen LogP contribution in [0.15, 0.2) is 42.7 Å². The van der Waals surface area contributed by atoms with E-state index in [0.29, 0.717) is 9.88 Å². The molecule has 3 rings (SSSR count). The average Bonchev–Trinajstić information content (AvgIpc) is 3.28. The van der Waals surface area contributed by atoms with Gasteiger partial charge in [0.15, 0.2) is 0 Å². The lowest BCUT2D eigenvalue weighted by molar-refractivity contribution is -0.138. The summed E-state index contributed by atoms with van der Waals surface area (Å²) in [7, 11) is 1.33. The fraction of sp³-hybridized carbons (Fsp3) is 0.263. The lowest BCUT2D eigenvalue weighted by Crippen LogP contribution is -2.27. The molecular formula is C19H15F6N3OS. The highest BCUT2D eigenvalue weighted by molar-refractivity contribution is 7.15. The normalized spacial score (nSPS) is 13.3. The van der Waals surface area contributed by atoms with E-state index < -0.39 is 35.4 Å². The van der Waals surface area contributed by atoms with Crippen molar-refractivity contribution in [3.05, 3.63) is 64.4 Å². The van der Waals surface area contributed by atoms with Gasteiger partial charge in [-0.2, -0.15) is 26.3 Å². The molecule has 4 nitrogen and oxygen atoms in total. The van der Waals surface area contributed by atoms with Gasteiger partial charge in [0.1, 0.15) is 10.7 Å². The van der Waals surface area contributed by atoms with Crippen molar-refractivity contribution in [2.45, 2.75) is 25.3 Å². The lowest BCUT2D eigenvalue weighted by atomic mass is 10.1. The van der Waals surface area contributed by atoms with Crippen LogP contribution >= 0.6 is 11.3 Å². The van der Waals surface area contributed by atoms with Crippen LogP contribution in [0.1, 0.15) is 39.5 Å². The Morgan fingerprint density at radius 3 is 2.37 bits per heavy atom. The molecule has 1 N–H and O–H groups in total. The lowest BCUT2D eigenvalue weighted by Gasteiger charge is -2.12. The molecule has 1 atom stereocenters. The molecule has 0 radical (unpaired) electrons.